The molecule has 74 valence electrons. The van der Waals surface area contributed by atoms with E-state index in [9.17, 15) is 15.3 Å². The Morgan fingerprint density at radius 3 is 1.00 bits per heavy atom. The summed E-state index contributed by atoms with van der Waals surface area (Å²) in [5.74, 6) is -0.0678. The molecule has 12 heavy (non-hydrogen) atoms. The Balaban J connectivity index is 4.08. The van der Waals surface area contributed by atoms with E-state index in [1.807, 2.05) is 0 Å². The first-order chi connectivity index (χ1) is 5.37. The van der Waals surface area contributed by atoms with Crippen molar-refractivity contribution < 1.29 is 15.3 Å². The molecule has 0 aliphatic heterocycles. The van der Waals surface area contributed by atoms with Gasteiger partial charge in [-0.15, -0.1) is 0 Å². The van der Waals surface area contributed by atoms with Crippen LogP contribution >= 0.6 is 0 Å². The maximum atomic E-state index is 9.43. The van der Waals surface area contributed by atoms with Crippen LogP contribution < -0.4 is 0 Å². The third-order valence-corrected chi connectivity index (χ3v) is 2.07. The topological polar surface area (TPSA) is 60.7 Å². The van der Waals surface area contributed by atoms with Crippen molar-refractivity contribution in [3.8, 4) is 0 Å². The van der Waals surface area contributed by atoms with Crippen LogP contribution in [0.2, 0.25) is 0 Å². The van der Waals surface area contributed by atoms with E-state index in [1.54, 1.807) is 27.7 Å². The zero-order valence-corrected chi connectivity index (χ0v) is 8.23. The van der Waals surface area contributed by atoms with Crippen LogP contribution in [0, 0.1) is 11.8 Å². The van der Waals surface area contributed by atoms with Gasteiger partial charge in [0, 0.05) is 0 Å². The second-order valence-corrected chi connectivity index (χ2v) is 3.96. The molecule has 3 N–H and O–H groups in total. The van der Waals surface area contributed by atoms with Gasteiger partial charge < -0.3 is 15.3 Å². The zero-order chi connectivity index (χ0) is 9.89. The first-order valence-corrected chi connectivity index (χ1v) is 4.42. The molecule has 0 heterocycles. The Hall–Kier alpha value is -0.120. The summed E-state index contributed by atoms with van der Waals surface area (Å²) in [6.45, 7) is 7.23. The van der Waals surface area contributed by atoms with Crippen molar-refractivity contribution in [3.05, 3.63) is 0 Å². The van der Waals surface area contributed by atoms with Gasteiger partial charge in [-0.2, -0.15) is 0 Å². The van der Waals surface area contributed by atoms with Gasteiger partial charge in [-0.3, -0.25) is 0 Å². The van der Waals surface area contributed by atoms with E-state index in [2.05, 4.69) is 0 Å². The lowest BCUT2D eigenvalue weighted by Crippen LogP contribution is -2.42. The maximum Gasteiger partial charge on any atom is 0.106 e. The van der Waals surface area contributed by atoms with Crippen LogP contribution in [0.4, 0.5) is 0 Å². The van der Waals surface area contributed by atoms with Crippen LogP contribution in [0.1, 0.15) is 27.7 Å². The summed E-state index contributed by atoms with van der Waals surface area (Å²) in [4.78, 5) is 0. The fraction of sp³-hybridized carbons (Fsp3) is 1.00. The molecule has 0 saturated carbocycles. The molecule has 2 atom stereocenters. The van der Waals surface area contributed by atoms with Crippen LogP contribution in [-0.2, 0) is 0 Å². The Morgan fingerprint density at radius 2 is 0.833 bits per heavy atom. The molecule has 0 aromatic heterocycles. The molecule has 0 spiro atoms. The molecule has 3 heteroatoms. The van der Waals surface area contributed by atoms with Gasteiger partial charge in [-0.25, -0.2) is 0 Å². The van der Waals surface area contributed by atoms with Gasteiger partial charge in [0.2, 0.25) is 0 Å². The highest BCUT2D eigenvalue weighted by atomic mass is 16.4. The summed E-state index contributed by atoms with van der Waals surface area (Å²) in [5, 5.41) is 28.2. The van der Waals surface area contributed by atoms with E-state index >= 15 is 0 Å². The molecule has 0 aliphatic rings. The van der Waals surface area contributed by atoms with Crippen LogP contribution in [0.3, 0.4) is 0 Å². The van der Waals surface area contributed by atoms with E-state index in [-0.39, 0.29) is 11.8 Å². The summed E-state index contributed by atoms with van der Waals surface area (Å²) in [6.07, 6.45) is -2.73. The maximum absolute atomic E-state index is 9.43. The third kappa shape index (κ3) is 3.09. The number of hydrogen-bond donors (Lipinski definition) is 3. The molecule has 3 nitrogen and oxygen atoms in total. The molecule has 0 radical (unpaired) electrons. The van der Waals surface area contributed by atoms with Crippen molar-refractivity contribution in [1.29, 1.82) is 0 Å². The molecule has 0 rings (SSSR count). The normalized spacial score (nSPS) is 19.8. The summed E-state index contributed by atoms with van der Waals surface area (Å²) in [5.41, 5.74) is 0. The van der Waals surface area contributed by atoms with Crippen LogP contribution in [0.15, 0.2) is 0 Å². The predicted molar refractivity (Wildman–Crippen MR) is 47.7 cm³/mol. The van der Waals surface area contributed by atoms with Crippen molar-refractivity contribution in [2.24, 2.45) is 11.8 Å². The van der Waals surface area contributed by atoms with Gasteiger partial charge in [0.25, 0.3) is 0 Å². The predicted octanol–water partition coefficient (Wildman–Crippen LogP) is 0.381. The van der Waals surface area contributed by atoms with E-state index in [1.165, 1.54) is 0 Å². The van der Waals surface area contributed by atoms with Gasteiger partial charge in [0.1, 0.15) is 6.10 Å². The Labute approximate surface area is 74.0 Å². The number of aliphatic hydroxyl groups is 3. The average Bonchev–Trinajstić information content (AvgIpc) is 2.00. The quantitative estimate of drug-likeness (QED) is 0.580. The third-order valence-electron chi connectivity index (χ3n) is 2.07. The number of rotatable bonds is 4. The molecule has 0 aromatic rings. The van der Waals surface area contributed by atoms with Crippen molar-refractivity contribution in [2.75, 3.05) is 0 Å². The SMILES string of the molecule is CC(C)[C@@H](O)C(O)[C@H](O)C(C)C. The van der Waals surface area contributed by atoms with Crippen LogP contribution in [-0.4, -0.2) is 33.6 Å². The first-order valence-electron chi connectivity index (χ1n) is 4.42. The minimum Gasteiger partial charge on any atom is -0.390 e. The molecular formula is C9H20O3. The van der Waals surface area contributed by atoms with Gasteiger partial charge in [-0.1, -0.05) is 27.7 Å². The van der Waals surface area contributed by atoms with Gasteiger partial charge >= 0.3 is 0 Å². The molecule has 0 unspecified atom stereocenters. The summed E-state index contributed by atoms with van der Waals surface area (Å²) >= 11 is 0. The Bertz CT molecular complexity index is 109. The van der Waals surface area contributed by atoms with E-state index in [4.69, 9.17) is 0 Å². The van der Waals surface area contributed by atoms with Crippen molar-refractivity contribution >= 4 is 0 Å². The largest absolute Gasteiger partial charge is 0.390 e. The van der Waals surface area contributed by atoms with E-state index < -0.39 is 18.3 Å². The smallest absolute Gasteiger partial charge is 0.106 e. The second-order valence-electron chi connectivity index (χ2n) is 3.96. The summed E-state index contributed by atoms with van der Waals surface area (Å²) in [7, 11) is 0. The molecule has 0 bridgehead atoms. The lowest BCUT2D eigenvalue weighted by atomic mass is 9.92. The van der Waals surface area contributed by atoms with Crippen LogP contribution in [0.25, 0.3) is 0 Å². The molecule has 0 fully saturated rings. The lowest BCUT2D eigenvalue weighted by molar-refractivity contribution is -0.0897. The molecule has 0 saturated heterocycles. The monoisotopic (exact) mass is 176 g/mol. The van der Waals surface area contributed by atoms with Crippen LogP contribution in [0.5, 0.6) is 0 Å². The van der Waals surface area contributed by atoms with Gasteiger partial charge in [-0.05, 0) is 11.8 Å². The van der Waals surface area contributed by atoms with E-state index in [0.717, 1.165) is 0 Å². The summed E-state index contributed by atoms with van der Waals surface area (Å²) in [6, 6.07) is 0. The molecular weight excluding hydrogens is 156 g/mol. The average molecular weight is 176 g/mol. The molecule has 0 aromatic carbocycles. The van der Waals surface area contributed by atoms with Gasteiger partial charge in [0.05, 0.1) is 12.2 Å². The van der Waals surface area contributed by atoms with Crippen molar-refractivity contribution in [2.45, 2.75) is 46.0 Å². The van der Waals surface area contributed by atoms with Gasteiger partial charge in [0.15, 0.2) is 0 Å². The minimum absolute atomic E-state index is 0.0339. The molecule has 0 aliphatic carbocycles. The Morgan fingerprint density at radius 1 is 0.583 bits per heavy atom. The standard InChI is InChI=1S/C9H20O3/c1-5(2)7(10)9(12)8(11)6(3)4/h5-12H,1-4H3/t7-,8-/m1/s1. The fourth-order valence-corrected chi connectivity index (χ4v) is 0.991. The number of hydrogen-bond acceptors (Lipinski definition) is 3. The van der Waals surface area contributed by atoms with Crippen molar-refractivity contribution in [1.82, 2.24) is 0 Å². The second kappa shape index (κ2) is 4.80. The number of aliphatic hydroxyl groups excluding tert-OH is 3. The lowest BCUT2D eigenvalue weighted by Gasteiger charge is -2.27. The minimum atomic E-state index is -1.04. The Kier molecular flexibility index (Phi) is 4.75. The van der Waals surface area contributed by atoms with E-state index in [0.29, 0.717) is 0 Å². The highest BCUT2D eigenvalue weighted by molar-refractivity contribution is 4.78. The zero-order valence-electron chi connectivity index (χ0n) is 8.23. The first kappa shape index (κ1) is 11.9. The van der Waals surface area contributed by atoms with Crippen molar-refractivity contribution in [3.63, 3.8) is 0 Å². The highest BCUT2D eigenvalue weighted by Crippen LogP contribution is 2.14. The highest BCUT2D eigenvalue weighted by Gasteiger charge is 2.28. The summed E-state index contributed by atoms with van der Waals surface area (Å²) < 4.78 is 0. The fourth-order valence-electron chi connectivity index (χ4n) is 0.991. The molecule has 0 amide bonds.